The van der Waals surface area contributed by atoms with Gasteiger partial charge < -0.3 is 9.64 Å². The molecule has 26 heavy (non-hydrogen) atoms. The van der Waals surface area contributed by atoms with Gasteiger partial charge in [-0.15, -0.1) is 0 Å². The lowest BCUT2D eigenvalue weighted by molar-refractivity contribution is -0.134. The highest BCUT2D eigenvalue weighted by molar-refractivity contribution is 5.78. The Balaban J connectivity index is 1.35. The highest BCUT2D eigenvalue weighted by Crippen LogP contribution is 2.22. The first-order valence-electron chi connectivity index (χ1n) is 8.92. The summed E-state index contributed by atoms with van der Waals surface area (Å²) in [4.78, 5) is 14.3. The van der Waals surface area contributed by atoms with Gasteiger partial charge in [-0.1, -0.05) is 66.7 Å². The Hall–Kier alpha value is -3.07. The molecule has 0 saturated carbocycles. The Morgan fingerprint density at radius 1 is 0.808 bits per heavy atom. The fourth-order valence-electron chi connectivity index (χ4n) is 3.32. The van der Waals surface area contributed by atoms with Crippen LogP contribution in [0.1, 0.15) is 11.1 Å². The van der Waals surface area contributed by atoms with Crippen LogP contribution in [0, 0.1) is 0 Å². The number of benzene rings is 3. The zero-order chi connectivity index (χ0) is 17.8. The van der Waals surface area contributed by atoms with Crippen molar-refractivity contribution in [1.29, 1.82) is 0 Å². The molecule has 0 N–H and O–H groups in total. The first-order valence-corrected chi connectivity index (χ1v) is 8.92. The summed E-state index contributed by atoms with van der Waals surface area (Å²) < 4.78 is 5.71. The molecule has 0 aliphatic carbocycles. The quantitative estimate of drug-likeness (QED) is 0.706. The van der Waals surface area contributed by atoms with Crippen LogP contribution in [0.2, 0.25) is 0 Å². The number of carbonyl (C=O) groups excluding carboxylic acids is 1. The van der Waals surface area contributed by atoms with E-state index in [0.29, 0.717) is 6.54 Å². The topological polar surface area (TPSA) is 29.5 Å². The second kappa shape index (κ2) is 7.44. The Morgan fingerprint density at radius 2 is 1.46 bits per heavy atom. The van der Waals surface area contributed by atoms with Crippen molar-refractivity contribution in [1.82, 2.24) is 4.90 Å². The molecule has 3 nitrogen and oxygen atoms in total. The van der Waals surface area contributed by atoms with Gasteiger partial charge in [-0.2, -0.15) is 0 Å². The molecule has 1 amide bonds. The Bertz CT molecular complexity index is 888. The third kappa shape index (κ3) is 3.62. The molecule has 3 heteroatoms. The SMILES string of the molecule is O=C(COc1ccc(-c2ccccc2)cc1)N1CCc2ccccc2C1. The van der Waals surface area contributed by atoms with Gasteiger partial charge >= 0.3 is 0 Å². The summed E-state index contributed by atoms with van der Waals surface area (Å²) in [6, 6.07) is 26.4. The third-order valence-corrected chi connectivity index (χ3v) is 4.81. The largest absolute Gasteiger partial charge is 0.484 e. The van der Waals surface area contributed by atoms with Crippen molar-refractivity contribution in [2.24, 2.45) is 0 Å². The minimum Gasteiger partial charge on any atom is -0.484 e. The number of amides is 1. The van der Waals surface area contributed by atoms with Crippen molar-refractivity contribution in [3.05, 3.63) is 90.0 Å². The van der Waals surface area contributed by atoms with E-state index in [1.165, 1.54) is 16.7 Å². The summed E-state index contributed by atoms with van der Waals surface area (Å²) in [5.41, 5.74) is 4.88. The minimum atomic E-state index is 0.0339. The average Bonchev–Trinajstić information content (AvgIpc) is 2.72. The van der Waals surface area contributed by atoms with Crippen LogP contribution in [-0.4, -0.2) is 24.0 Å². The van der Waals surface area contributed by atoms with Gasteiger partial charge in [0.15, 0.2) is 6.61 Å². The summed E-state index contributed by atoms with van der Waals surface area (Å²) >= 11 is 0. The van der Waals surface area contributed by atoms with Gasteiger partial charge in [-0.3, -0.25) is 4.79 Å². The van der Waals surface area contributed by atoms with Gasteiger partial charge in [0.05, 0.1) is 0 Å². The van der Waals surface area contributed by atoms with E-state index in [0.717, 1.165) is 24.3 Å². The van der Waals surface area contributed by atoms with Crippen molar-refractivity contribution in [3.63, 3.8) is 0 Å². The smallest absolute Gasteiger partial charge is 0.260 e. The molecule has 0 saturated heterocycles. The van der Waals surface area contributed by atoms with Crippen LogP contribution in [0.3, 0.4) is 0 Å². The molecule has 1 heterocycles. The second-order valence-electron chi connectivity index (χ2n) is 6.51. The summed E-state index contributed by atoms with van der Waals surface area (Å²) in [6.07, 6.45) is 0.910. The van der Waals surface area contributed by atoms with E-state index in [4.69, 9.17) is 4.74 Å². The molecule has 0 fully saturated rings. The average molecular weight is 343 g/mol. The minimum absolute atomic E-state index is 0.0339. The fourth-order valence-corrected chi connectivity index (χ4v) is 3.32. The number of fused-ring (bicyclic) bond motifs is 1. The molecule has 0 radical (unpaired) electrons. The highest BCUT2D eigenvalue weighted by atomic mass is 16.5. The van der Waals surface area contributed by atoms with Gasteiger partial charge in [0.25, 0.3) is 5.91 Å². The standard InChI is InChI=1S/C23H21NO2/c25-23(24-15-14-19-8-4-5-9-21(19)16-24)17-26-22-12-10-20(11-13-22)18-6-2-1-3-7-18/h1-13H,14-17H2. The van der Waals surface area contributed by atoms with E-state index in [1.807, 2.05) is 53.4 Å². The maximum atomic E-state index is 12.5. The lowest BCUT2D eigenvalue weighted by Crippen LogP contribution is -2.38. The maximum Gasteiger partial charge on any atom is 0.260 e. The Kier molecular flexibility index (Phi) is 4.69. The maximum absolute atomic E-state index is 12.5. The molecule has 130 valence electrons. The van der Waals surface area contributed by atoms with E-state index in [2.05, 4.69) is 30.3 Å². The van der Waals surface area contributed by atoms with Crippen LogP contribution in [0.25, 0.3) is 11.1 Å². The van der Waals surface area contributed by atoms with Crippen LogP contribution >= 0.6 is 0 Å². The van der Waals surface area contributed by atoms with E-state index in [1.54, 1.807) is 0 Å². The molecule has 3 aromatic carbocycles. The highest BCUT2D eigenvalue weighted by Gasteiger charge is 2.20. The molecule has 0 spiro atoms. The zero-order valence-electron chi connectivity index (χ0n) is 14.6. The monoisotopic (exact) mass is 343 g/mol. The molecule has 3 aromatic rings. The van der Waals surface area contributed by atoms with Crippen molar-refractivity contribution >= 4 is 5.91 Å². The predicted molar refractivity (Wildman–Crippen MR) is 103 cm³/mol. The summed E-state index contributed by atoms with van der Waals surface area (Å²) in [7, 11) is 0. The molecular formula is C23H21NO2. The van der Waals surface area contributed by atoms with Crippen molar-refractivity contribution in [2.75, 3.05) is 13.2 Å². The van der Waals surface area contributed by atoms with Crippen LogP contribution in [0.5, 0.6) is 5.75 Å². The van der Waals surface area contributed by atoms with E-state index in [-0.39, 0.29) is 12.5 Å². The number of hydrogen-bond donors (Lipinski definition) is 0. The summed E-state index contributed by atoms with van der Waals surface area (Å²) in [5, 5.41) is 0. The van der Waals surface area contributed by atoms with Crippen LogP contribution in [-0.2, 0) is 17.8 Å². The van der Waals surface area contributed by atoms with E-state index < -0.39 is 0 Å². The summed E-state index contributed by atoms with van der Waals surface area (Å²) in [5.74, 6) is 0.752. The molecule has 0 unspecified atom stereocenters. The Morgan fingerprint density at radius 3 is 2.23 bits per heavy atom. The number of hydrogen-bond acceptors (Lipinski definition) is 2. The van der Waals surface area contributed by atoms with Crippen LogP contribution < -0.4 is 4.74 Å². The van der Waals surface area contributed by atoms with E-state index in [9.17, 15) is 4.79 Å². The first kappa shape index (κ1) is 16.4. The van der Waals surface area contributed by atoms with Crippen LogP contribution in [0.15, 0.2) is 78.9 Å². The number of rotatable bonds is 4. The normalized spacial score (nSPS) is 13.2. The Labute approximate surface area is 153 Å². The van der Waals surface area contributed by atoms with E-state index >= 15 is 0 Å². The second-order valence-corrected chi connectivity index (χ2v) is 6.51. The first-order chi connectivity index (χ1) is 12.8. The predicted octanol–water partition coefficient (Wildman–Crippen LogP) is 4.32. The van der Waals surface area contributed by atoms with Gasteiger partial charge in [0.2, 0.25) is 0 Å². The van der Waals surface area contributed by atoms with Gasteiger partial charge in [0, 0.05) is 13.1 Å². The molecule has 0 atom stereocenters. The fraction of sp³-hybridized carbons (Fsp3) is 0.174. The van der Waals surface area contributed by atoms with Gasteiger partial charge in [0.1, 0.15) is 5.75 Å². The molecule has 0 bridgehead atoms. The van der Waals surface area contributed by atoms with Crippen molar-refractivity contribution < 1.29 is 9.53 Å². The zero-order valence-corrected chi connectivity index (χ0v) is 14.6. The molecule has 0 aromatic heterocycles. The molecule has 1 aliphatic heterocycles. The number of carbonyl (C=O) groups is 1. The molecular weight excluding hydrogens is 322 g/mol. The van der Waals surface area contributed by atoms with Crippen molar-refractivity contribution in [3.8, 4) is 16.9 Å². The number of ether oxygens (including phenoxy) is 1. The number of nitrogens with zero attached hydrogens (tertiary/aromatic N) is 1. The van der Waals surface area contributed by atoms with Gasteiger partial charge in [-0.05, 0) is 40.8 Å². The lowest BCUT2D eigenvalue weighted by Gasteiger charge is -2.28. The van der Waals surface area contributed by atoms with Gasteiger partial charge in [-0.25, -0.2) is 0 Å². The molecule has 1 aliphatic rings. The molecule has 4 rings (SSSR count). The van der Waals surface area contributed by atoms with Crippen LogP contribution in [0.4, 0.5) is 0 Å². The summed E-state index contributed by atoms with van der Waals surface area (Å²) in [6.45, 7) is 1.50. The third-order valence-electron chi connectivity index (χ3n) is 4.81. The van der Waals surface area contributed by atoms with Crippen molar-refractivity contribution in [2.45, 2.75) is 13.0 Å². The lowest BCUT2D eigenvalue weighted by atomic mass is 10.00.